The Kier molecular flexibility index (Phi) is 4.54. The number of amides is 1. The van der Waals surface area contributed by atoms with Gasteiger partial charge in [0.2, 0.25) is 5.91 Å². The maximum atomic E-state index is 11.5. The van der Waals surface area contributed by atoms with Gasteiger partial charge in [-0.15, -0.1) is 0 Å². The summed E-state index contributed by atoms with van der Waals surface area (Å²) in [6.07, 6.45) is 4.69. The minimum Gasteiger partial charge on any atom is -0.350 e. The third kappa shape index (κ3) is 3.47. The summed E-state index contributed by atoms with van der Waals surface area (Å²) in [7, 11) is 4.14. The molecule has 0 spiro atoms. The lowest BCUT2D eigenvalue weighted by molar-refractivity contribution is -0.123. The van der Waals surface area contributed by atoms with Crippen LogP contribution in [-0.4, -0.2) is 43.0 Å². The highest BCUT2D eigenvalue weighted by atomic mass is 16.2. The Morgan fingerprint density at radius 1 is 1.40 bits per heavy atom. The van der Waals surface area contributed by atoms with Crippen LogP contribution in [0.2, 0.25) is 0 Å². The van der Waals surface area contributed by atoms with E-state index in [0.29, 0.717) is 6.04 Å². The molecule has 1 aliphatic rings. The molecule has 0 aromatic heterocycles. The Morgan fingerprint density at radius 3 is 2.53 bits per heavy atom. The van der Waals surface area contributed by atoms with E-state index in [9.17, 15) is 4.79 Å². The van der Waals surface area contributed by atoms with E-state index in [-0.39, 0.29) is 11.9 Å². The van der Waals surface area contributed by atoms with Crippen molar-refractivity contribution in [3.05, 3.63) is 0 Å². The molecular formula is C11H23N3O. The highest BCUT2D eigenvalue weighted by molar-refractivity contribution is 5.81. The summed E-state index contributed by atoms with van der Waals surface area (Å²) in [4.78, 5) is 13.7. The van der Waals surface area contributed by atoms with Gasteiger partial charge in [-0.05, 0) is 33.9 Å². The molecule has 1 rings (SSSR count). The van der Waals surface area contributed by atoms with E-state index in [1.807, 2.05) is 0 Å². The molecule has 15 heavy (non-hydrogen) atoms. The SMILES string of the molecule is C[C@H](N)C(=O)N[C@H]1CCCC[C@@H]1N(C)C. The van der Waals surface area contributed by atoms with Crippen molar-refractivity contribution in [3.8, 4) is 0 Å². The first kappa shape index (κ1) is 12.5. The monoisotopic (exact) mass is 213 g/mol. The molecule has 3 atom stereocenters. The number of rotatable bonds is 3. The fraction of sp³-hybridized carbons (Fsp3) is 0.909. The Balaban J connectivity index is 2.53. The topological polar surface area (TPSA) is 58.4 Å². The Hall–Kier alpha value is -0.610. The zero-order valence-electron chi connectivity index (χ0n) is 9.99. The molecule has 1 aliphatic carbocycles. The number of carbonyl (C=O) groups is 1. The molecule has 0 heterocycles. The average Bonchev–Trinajstić information content (AvgIpc) is 2.18. The van der Waals surface area contributed by atoms with Gasteiger partial charge in [0.05, 0.1) is 6.04 Å². The van der Waals surface area contributed by atoms with E-state index < -0.39 is 6.04 Å². The Bertz CT molecular complexity index is 216. The average molecular weight is 213 g/mol. The van der Waals surface area contributed by atoms with Gasteiger partial charge >= 0.3 is 0 Å². The predicted molar refractivity (Wildman–Crippen MR) is 61.5 cm³/mol. The molecule has 0 unspecified atom stereocenters. The highest BCUT2D eigenvalue weighted by Crippen LogP contribution is 2.21. The summed E-state index contributed by atoms with van der Waals surface area (Å²) in [5.41, 5.74) is 5.55. The van der Waals surface area contributed by atoms with Crippen molar-refractivity contribution in [2.24, 2.45) is 5.73 Å². The number of nitrogens with one attached hydrogen (secondary N) is 1. The normalized spacial score (nSPS) is 28.9. The number of hydrogen-bond donors (Lipinski definition) is 2. The molecule has 4 heteroatoms. The van der Waals surface area contributed by atoms with E-state index in [2.05, 4.69) is 24.3 Å². The van der Waals surface area contributed by atoms with E-state index in [0.717, 1.165) is 12.8 Å². The van der Waals surface area contributed by atoms with Gasteiger partial charge in [-0.1, -0.05) is 12.8 Å². The van der Waals surface area contributed by atoms with Crippen LogP contribution in [-0.2, 0) is 4.79 Å². The minimum atomic E-state index is -0.408. The largest absolute Gasteiger partial charge is 0.350 e. The lowest BCUT2D eigenvalue weighted by atomic mass is 9.89. The lowest BCUT2D eigenvalue weighted by Crippen LogP contribution is -2.54. The molecule has 88 valence electrons. The molecule has 1 fully saturated rings. The molecule has 0 aliphatic heterocycles. The molecule has 0 saturated heterocycles. The molecule has 1 amide bonds. The minimum absolute atomic E-state index is 0.0336. The van der Waals surface area contributed by atoms with Crippen LogP contribution in [0.25, 0.3) is 0 Å². The van der Waals surface area contributed by atoms with Crippen LogP contribution in [0, 0.1) is 0 Å². The smallest absolute Gasteiger partial charge is 0.236 e. The first-order valence-electron chi connectivity index (χ1n) is 5.74. The van der Waals surface area contributed by atoms with E-state index >= 15 is 0 Å². The van der Waals surface area contributed by atoms with Crippen LogP contribution >= 0.6 is 0 Å². The summed E-state index contributed by atoms with van der Waals surface area (Å²) >= 11 is 0. The highest BCUT2D eigenvalue weighted by Gasteiger charge is 2.28. The van der Waals surface area contributed by atoms with Crippen LogP contribution in [0.1, 0.15) is 32.6 Å². The van der Waals surface area contributed by atoms with Crippen molar-refractivity contribution in [2.45, 2.75) is 50.7 Å². The zero-order chi connectivity index (χ0) is 11.4. The third-order valence-electron chi connectivity index (χ3n) is 3.13. The maximum absolute atomic E-state index is 11.5. The van der Waals surface area contributed by atoms with Crippen molar-refractivity contribution in [1.82, 2.24) is 10.2 Å². The molecule has 0 bridgehead atoms. The van der Waals surface area contributed by atoms with Crippen molar-refractivity contribution in [3.63, 3.8) is 0 Å². The first-order chi connectivity index (χ1) is 7.02. The van der Waals surface area contributed by atoms with Crippen LogP contribution < -0.4 is 11.1 Å². The second-order valence-electron chi connectivity index (χ2n) is 4.72. The fourth-order valence-corrected chi connectivity index (χ4v) is 2.21. The summed E-state index contributed by atoms with van der Waals surface area (Å²) < 4.78 is 0. The second-order valence-corrected chi connectivity index (χ2v) is 4.72. The number of nitrogens with two attached hydrogens (primary N) is 1. The summed E-state index contributed by atoms with van der Waals surface area (Å²) in [5, 5.41) is 3.04. The Labute approximate surface area is 92.2 Å². The predicted octanol–water partition coefficient (Wildman–Crippen LogP) is 0.323. The second kappa shape index (κ2) is 5.47. The zero-order valence-corrected chi connectivity index (χ0v) is 9.99. The van der Waals surface area contributed by atoms with Gasteiger partial charge in [0.1, 0.15) is 0 Å². The van der Waals surface area contributed by atoms with Crippen molar-refractivity contribution in [1.29, 1.82) is 0 Å². The molecule has 0 radical (unpaired) electrons. The van der Waals surface area contributed by atoms with E-state index in [4.69, 9.17) is 5.73 Å². The third-order valence-corrected chi connectivity index (χ3v) is 3.13. The van der Waals surface area contributed by atoms with Crippen molar-refractivity contribution in [2.75, 3.05) is 14.1 Å². The summed E-state index contributed by atoms with van der Waals surface area (Å²) in [6, 6.07) is 0.323. The molecule has 1 saturated carbocycles. The maximum Gasteiger partial charge on any atom is 0.236 e. The molecule has 0 aromatic carbocycles. The van der Waals surface area contributed by atoms with Crippen LogP contribution in [0.15, 0.2) is 0 Å². The fourth-order valence-electron chi connectivity index (χ4n) is 2.21. The van der Waals surface area contributed by atoms with Gasteiger partial charge < -0.3 is 16.0 Å². The van der Waals surface area contributed by atoms with Gasteiger partial charge in [-0.25, -0.2) is 0 Å². The Morgan fingerprint density at radius 2 is 2.00 bits per heavy atom. The molecule has 0 aromatic rings. The standard InChI is InChI=1S/C11H23N3O/c1-8(12)11(15)13-9-6-4-5-7-10(9)14(2)3/h8-10H,4-7,12H2,1-3H3,(H,13,15)/t8-,9-,10-/m0/s1. The summed E-state index contributed by atoms with van der Waals surface area (Å²) in [5.74, 6) is -0.0336. The molecule has 4 nitrogen and oxygen atoms in total. The molecular weight excluding hydrogens is 190 g/mol. The quantitative estimate of drug-likeness (QED) is 0.710. The van der Waals surface area contributed by atoms with Gasteiger partial charge in [0.15, 0.2) is 0 Å². The van der Waals surface area contributed by atoms with Gasteiger partial charge in [-0.3, -0.25) is 4.79 Å². The van der Waals surface area contributed by atoms with Crippen molar-refractivity contribution >= 4 is 5.91 Å². The summed E-state index contributed by atoms with van der Waals surface area (Å²) in [6.45, 7) is 1.73. The van der Waals surface area contributed by atoms with Gasteiger partial charge in [0, 0.05) is 12.1 Å². The van der Waals surface area contributed by atoms with Gasteiger partial charge in [0.25, 0.3) is 0 Å². The van der Waals surface area contributed by atoms with E-state index in [1.165, 1.54) is 12.8 Å². The number of hydrogen-bond acceptors (Lipinski definition) is 3. The van der Waals surface area contributed by atoms with E-state index in [1.54, 1.807) is 6.92 Å². The lowest BCUT2D eigenvalue weighted by Gasteiger charge is -2.36. The first-order valence-corrected chi connectivity index (χ1v) is 5.74. The number of carbonyl (C=O) groups excluding carboxylic acids is 1. The van der Waals surface area contributed by atoms with Gasteiger partial charge in [-0.2, -0.15) is 0 Å². The number of nitrogens with zero attached hydrogens (tertiary/aromatic N) is 1. The molecule has 3 N–H and O–H groups in total. The van der Waals surface area contributed by atoms with Crippen LogP contribution in [0.4, 0.5) is 0 Å². The van der Waals surface area contributed by atoms with Crippen LogP contribution in [0.3, 0.4) is 0 Å². The van der Waals surface area contributed by atoms with Crippen LogP contribution in [0.5, 0.6) is 0 Å². The van der Waals surface area contributed by atoms with Crippen molar-refractivity contribution < 1.29 is 4.79 Å². The number of likely N-dealkylation sites (N-methyl/N-ethyl adjacent to an activating group) is 1.